The van der Waals surface area contributed by atoms with Gasteiger partial charge in [-0.25, -0.2) is 0 Å². The van der Waals surface area contributed by atoms with E-state index in [9.17, 15) is 5.11 Å². The van der Waals surface area contributed by atoms with Crippen molar-refractivity contribution in [3.63, 3.8) is 0 Å². The smallest absolute Gasteiger partial charge is 0.0499 e. The van der Waals surface area contributed by atoms with Gasteiger partial charge in [-0.2, -0.15) is 0 Å². The zero-order valence-corrected chi connectivity index (χ0v) is 9.87. The van der Waals surface area contributed by atoms with Crippen LogP contribution in [0.5, 0.6) is 0 Å². The van der Waals surface area contributed by atoms with Crippen LogP contribution in [0.2, 0.25) is 0 Å². The van der Waals surface area contributed by atoms with Gasteiger partial charge < -0.3 is 5.11 Å². The number of rotatable bonds is 6. The maximum atomic E-state index is 9.37. The van der Waals surface area contributed by atoms with E-state index < -0.39 is 0 Å². The number of benzene rings is 1. The van der Waals surface area contributed by atoms with E-state index in [4.69, 9.17) is 0 Å². The summed E-state index contributed by atoms with van der Waals surface area (Å²) in [6.45, 7) is 4.58. The quantitative estimate of drug-likeness (QED) is 0.704. The monoisotopic (exact) mass is 206 g/mol. The second kappa shape index (κ2) is 6.62. The number of unbranched alkanes of at least 4 members (excludes halogenated alkanes) is 2. The van der Waals surface area contributed by atoms with Crippen LogP contribution in [0, 0.1) is 6.92 Å². The molecule has 0 amide bonds. The van der Waals surface area contributed by atoms with Gasteiger partial charge in [0.2, 0.25) is 0 Å². The molecule has 0 saturated carbocycles. The van der Waals surface area contributed by atoms with Gasteiger partial charge in [0.15, 0.2) is 0 Å². The van der Waals surface area contributed by atoms with Crippen LogP contribution in [0.4, 0.5) is 0 Å². The Kier molecular flexibility index (Phi) is 5.41. The largest absolute Gasteiger partial charge is 0.396 e. The molecule has 0 aromatic heterocycles. The molecule has 1 N–H and O–H groups in total. The van der Waals surface area contributed by atoms with Gasteiger partial charge in [0.1, 0.15) is 0 Å². The standard InChI is InChI=1S/C14H22O/c1-3-4-5-8-14(11-15)13-9-6-7-12(2)10-13/h6-7,9-10,14-15H,3-5,8,11H2,1-2H3. The van der Waals surface area contributed by atoms with Crippen LogP contribution in [0.3, 0.4) is 0 Å². The molecule has 1 rings (SSSR count). The van der Waals surface area contributed by atoms with E-state index in [0.29, 0.717) is 5.92 Å². The van der Waals surface area contributed by atoms with Crippen LogP contribution < -0.4 is 0 Å². The minimum atomic E-state index is 0.271. The lowest BCUT2D eigenvalue weighted by atomic mass is 9.93. The third kappa shape index (κ3) is 4.05. The van der Waals surface area contributed by atoms with Gasteiger partial charge in [0.05, 0.1) is 0 Å². The fraction of sp³-hybridized carbons (Fsp3) is 0.571. The molecule has 0 spiro atoms. The second-order valence-corrected chi connectivity index (χ2v) is 4.29. The molecule has 1 atom stereocenters. The molecule has 0 aliphatic rings. The normalized spacial score (nSPS) is 12.7. The summed E-state index contributed by atoms with van der Waals surface area (Å²) in [5.41, 5.74) is 2.56. The molecule has 1 nitrogen and oxygen atoms in total. The summed E-state index contributed by atoms with van der Waals surface area (Å²) in [4.78, 5) is 0. The Morgan fingerprint density at radius 3 is 2.67 bits per heavy atom. The van der Waals surface area contributed by atoms with Gasteiger partial charge in [-0.05, 0) is 18.9 Å². The molecule has 0 bridgehead atoms. The topological polar surface area (TPSA) is 20.2 Å². The summed E-state index contributed by atoms with van der Waals surface area (Å²) < 4.78 is 0. The first-order valence-electron chi connectivity index (χ1n) is 5.95. The van der Waals surface area contributed by atoms with Gasteiger partial charge in [-0.15, -0.1) is 0 Å². The molecule has 0 aliphatic carbocycles. The summed E-state index contributed by atoms with van der Waals surface area (Å²) in [6, 6.07) is 8.49. The number of aliphatic hydroxyl groups excluding tert-OH is 1. The Labute approximate surface area is 93.1 Å². The number of aliphatic hydroxyl groups is 1. The summed E-state index contributed by atoms with van der Waals surface area (Å²) in [5.74, 6) is 0.330. The molecule has 1 aromatic rings. The lowest BCUT2D eigenvalue weighted by Gasteiger charge is -2.14. The summed E-state index contributed by atoms with van der Waals surface area (Å²) in [6.07, 6.45) is 4.83. The van der Waals surface area contributed by atoms with Gasteiger partial charge in [0.25, 0.3) is 0 Å². The second-order valence-electron chi connectivity index (χ2n) is 4.29. The Bertz CT molecular complexity index is 280. The van der Waals surface area contributed by atoms with Crippen molar-refractivity contribution in [1.82, 2.24) is 0 Å². The zero-order chi connectivity index (χ0) is 11.1. The highest BCUT2D eigenvalue weighted by molar-refractivity contribution is 5.25. The minimum Gasteiger partial charge on any atom is -0.396 e. The fourth-order valence-corrected chi connectivity index (χ4v) is 1.93. The SMILES string of the molecule is CCCCCC(CO)c1cccc(C)c1. The maximum Gasteiger partial charge on any atom is 0.0499 e. The third-order valence-corrected chi connectivity index (χ3v) is 2.89. The lowest BCUT2D eigenvalue weighted by molar-refractivity contribution is 0.256. The predicted octanol–water partition coefficient (Wildman–Crippen LogP) is 3.65. The van der Waals surface area contributed by atoms with Crippen molar-refractivity contribution in [2.45, 2.75) is 45.4 Å². The van der Waals surface area contributed by atoms with E-state index in [-0.39, 0.29) is 6.61 Å². The van der Waals surface area contributed by atoms with E-state index >= 15 is 0 Å². The maximum absolute atomic E-state index is 9.37. The van der Waals surface area contributed by atoms with Crippen LogP contribution in [-0.4, -0.2) is 11.7 Å². The van der Waals surface area contributed by atoms with Gasteiger partial charge in [-0.3, -0.25) is 0 Å². The average molecular weight is 206 g/mol. The first kappa shape index (κ1) is 12.3. The van der Waals surface area contributed by atoms with Crippen molar-refractivity contribution < 1.29 is 5.11 Å². The van der Waals surface area contributed by atoms with E-state index in [1.165, 1.54) is 30.4 Å². The van der Waals surface area contributed by atoms with Gasteiger partial charge >= 0.3 is 0 Å². The molecule has 0 heterocycles. The number of hydrogen-bond donors (Lipinski definition) is 1. The molecular formula is C14H22O. The van der Waals surface area contributed by atoms with Crippen LogP contribution >= 0.6 is 0 Å². The third-order valence-electron chi connectivity index (χ3n) is 2.89. The molecule has 84 valence electrons. The molecule has 0 radical (unpaired) electrons. The summed E-state index contributed by atoms with van der Waals surface area (Å²) in [5, 5.41) is 9.37. The van der Waals surface area contributed by atoms with Crippen molar-refractivity contribution in [2.75, 3.05) is 6.61 Å². The molecule has 0 aliphatic heterocycles. The van der Waals surface area contributed by atoms with E-state index in [0.717, 1.165) is 6.42 Å². The number of aryl methyl sites for hydroxylation is 1. The van der Waals surface area contributed by atoms with Crippen LogP contribution in [-0.2, 0) is 0 Å². The minimum absolute atomic E-state index is 0.271. The molecule has 1 unspecified atom stereocenters. The predicted molar refractivity (Wildman–Crippen MR) is 65.1 cm³/mol. The highest BCUT2D eigenvalue weighted by atomic mass is 16.3. The fourth-order valence-electron chi connectivity index (χ4n) is 1.93. The highest BCUT2D eigenvalue weighted by Gasteiger charge is 2.09. The molecule has 0 fully saturated rings. The Morgan fingerprint density at radius 2 is 2.07 bits per heavy atom. The van der Waals surface area contributed by atoms with E-state index in [1.54, 1.807) is 0 Å². The van der Waals surface area contributed by atoms with Crippen molar-refractivity contribution >= 4 is 0 Å². The first-order valence-corrected chi connectivity index (χ1v) is 5.95. The van der Waals surface area contributed by atoms with Crippen molar-refractivity contribution in [1.29, 1.82) is 0 Å². The molecule has 15 heavy (non-hydrogen) atoms. The van der Waals surface area contributed by atoms with E-state index in [1.807, 2.05) is 0 Å². The molecular weight excluding hydrogens is 184 g/mol. The molecule has 0 saturated heterocycles. The van der Waals surface area contributed by atoms with Crippen LogP contribution in [0.15, 0.2) is 24.3 Å². The Morgan fingerprint density at radius 1 is 1.27 bits per heavy atom. The number of hydrogen-bond acceptors (Lipinski definition) is 1. The lowest BCUT2D eigenvalue weighted by Crippen LogP contribution is -2.04. The first-order chi connectivity index (χ1) is 7.27. The van der Waals surface area contributed by atoms with E-state index in [2.05, 4.69) is 38.1 Å². The zero-order valence-electron chi connectivity index (χ0n) is 9.87. The van der Waals surface area contributed by atoms with Gasteiger partial charge in [0, 0.05) is 12.5 Å². The highest BCUT2D eigenvalue weighted by Crippen LogP contribution is 2.22. The van der Waals surface area contributed by atoms with Crippen LogP contribution in [0.25, 0.3) is 0 Å². The summed E-state index contributed by atoms with van der Waals surface area (Å²) in [7, 11) is 0. The van der Waals surface area contributed by atoms with Crippen LogP contribution in [0.1, 0.15) is 49.7 Å². The van der Waals surface area contributed by atoms with Gasteiger partial charge in [-0.1, -0.05) is 56.0 Å². The molecule has 1 aromatic carbocycles. The Balaban J connectivity index is 2.57. The molecule has 1 heteroatoms. The van der Waals surface area contributed by atoms with Crippen molar-refractivity contribution in [3.05, 3.63) is 35.4 Å². The van der Waals surface area contributed by atoms with Crippen molar-refractivity contribution in [2.24, 2.45) is 0 Å². The summed E-state index contributed by atoms with van der Waals surface area (Å²) >= 11 is 0. The van der Waals surface area contributed by atoms with Crippen molar-refractivity contribution in [3.8, 4) is 0 Å². The average Bonchev–Trinajstić information content (AvgIpc) is 2.24. The Hall–Kier alpha value is -0.820.